The summed E-state index contributed by atoms with van der Waals surface area (Å²) in [5, 5.41) is 9.11. The minimum absolute atomic E-state index is 0.0643. The van der Waals surface area contributed by atoms with Crippen LogP contribution in [0.4, 0.5) is 18.0 Å². The van der Waals surface area contributed by atoms with E-state index in [4.69, 9.17) is 9.84 Å². The van der Waals surface area contributed by atoms with Gasteiger partial charge in [0.15, 0.2) is 0 Å². The van der Waals surface area contributed by atoms with Crippen LogP contribution in [0.5, 0.6) is 0 Å². The first-order valence-electron chi connectivity index (χ1n) is 7.06. The van der Waals surface area contributed by atoms with Gasteiger partial charge < -0.3 is 9.84 Å². The third-order valence-corrected chi connectivity index (χ3v) is 3.79. The predicted molar refractivity (Wildman–Crippen MR) is 73.5 cm³/mol. The molecule has 2 rings (SSSR count). The zero-order valence-electron chi connectivity index (χ0n) is 12.1. The van der Waals surface area contributed by atoms with Gasteiger partial charge >= 0.3 is 18.2 Å². The topological polar surface area (TPSA) is 66.8 Å². The Labute approximate surface area is 130 Å². The SMILES string of the molecule is O=C(O)[C@H]1C[C@H](C(F)(F)F)CCN1C(=O)OCc1ccccc1. The minimum Gasteiger partial charge on any atom is -0.480 e. The predicted octanol–water partition coefficient (Wildman–Crippen LogP) is 3.05. The summed E-state index contributed by atoms with van der Waals surface area (Å²) < 4.78 is 43.3. The number of carbonyl (C=O) groups is 2. The van der Waals surface area contributed by atoms with Crippen LogP contribution >= 0.6 is 0 Å². The van der Waals surface area contributed by atoms with Crippen LogP contribution in [-0.2, 0) is 16.1 Å². The van der Waals surface area contributed by atoms with E-state index in [9.17, 15) is 22.8 Å². The molecule has 1 fully saturated rings. The highest BCUT2D eigenvalue weighted by atomic mass is 19.4. The largest absolute Gasteiger partial charge is 0.480 e. The number of alkyl halides is 3. The number of amides is 1. The Morgan fingerprint density at radius 1 is 1.26 bits per heavy atom. The van der Waals surface area contributed by atoms with E-state index < -0.39 is 36.6 Å². The fraction of sp³-hybridized carbons (Fsp3) is 0.467. The Bertz CT molecular complexity index is 562. The van der Waals surface area contributed by atoms with Gasteiger partial charge in [0, 0.05) is 6.54 Å². The van der Waals surface area contributed by atoms with Gasteiger partial charge in [0.2, 0.25) is 0 Å². The number of halogens is 3. The first-order valence-corrected chi connectivity index (χ1v) is 7.06. The highest BCUT2D eigenvalue weighted by molar-refractivity contribution is 5.80. The zero-order valence-corrected chi connectivity index (χ0v) is 12.1. The molecule has 5 nitrogen and oxygen atoms in total. The molecule has 1 aromatic carbocycles. The van der Waals surface area contributed by atoms with Gasteiger partial charge in [-0.3, -0.25) is 4.90 Å². The van der Waals surface area contributed by atoms with Crippen LogP contribution in [0, 0.1) is 5.92 Å². The molecule has 23 heavy (non-hydrogen) atoms. The quantitative estimate of drug-likeness (QED) is 0.924. The maximum absolute atomic E-state index is 12.7. The second-order valence-electron chi connectivity index (χ2n) is 5.35. The van der Waals surface area contributed by atoms with Crippen molar-refractivity contribution in [3.8, 4) is 0 Å². The number of benzene rings is 1. The van der Waals surface area contributed by atoms with Crippen molar-refractivity contribution in [2.24, 2.45) is 5.92 Å². The number of likely N-dealkylation sites (tertiary alicyclic amines) is 1. The van der Waals surface area contributed by atoms with Crippen molar-refractivity contribution in [2.45, 2.75) is 31.7 Å². The van der Waals surface area contributed by atoms with Gasteiger partial charge in [0.25, 0.3) is 0 Å². The zero-order chi connectivity index (χ0) is 17.0. The van der Waals surface area contributed by atoms with E-state index in [0.717, 1.165) is 4.90 Å². The third-order valence-electron chi connectivity index (χ3n) is 3.79. The molecule has 1 saturated heterocycles. The summed E-state index contributed by atoms with van der Waals surface area (Å²) in [5.74, 6) is -3.18. The van der Waals surface area contributed by atoms with Gasteiger partial charge in [0.05, 0.1) is 5.92 Å². The van der Waals surface area contributed by atoms with Crippen LogP contribution in [0.3, 0.4) is 0 Å². The minimum atomic E-state index is -4.46. The van der Waals surface area contributed by atoms with Crippen molar-refractivity contribution >= 4 is 12.1 Å². The van der Waals surface area contributed by atoms with Crippen LogP contribution in [0.1, 0.15) is 18.4 Å². The number of aliphatic carboxylic acids is 1. The maximum Gasteiger partial charge on any atom is 0.410 e. The summed E-state index contributed by atoms with van der Waals surface area (Å²) in [6.45, 7) is -0.361. The number of nitrogens with zero attached hydrogens (tertiary/aromatic N) is 1. The van der Waals surface area contributed by atoms with Gasteiger partial charge in [-0.05, 0) is 18.4 Å². The van der Waals surface area contributed by atoms with Crippen molar-refractivity contribution in [3.63, 3.8) is 0 Å². The molecule has 1 aliphatic heterocycles. The number of ether oxygens (including phenoxy) is 1. The lowest BCUT2D eigenvalue weighted by atomic mass is 9.90. The second kappa shape index (κ2) is 6.89. The number of carbonyl (C=O) groups excluding carboxylic acids is 1. The fourth-order valence-electron chi connectivity index (χ4n) is 2.52. The molecule has 1 N–H and O–H groups in total. The normalized spacial score (nSPS) is 21.8. The first-order chi connectivity index (χ1) is 10.8. The summed E-state index contributed by atoms with van der Waals surface area (Å²) in [5.41, 5.74) is 0.706. The number of rotatable bonds is 3. The molecular weight excluding hydrogens is 315 g/mol. The molecule has 0 aromatic heterocycles. The lowest BCUT2D eigenvalue weighted by Crippen LogP contribution is -2.52. The molecule has 8 heteroatoms. The number of carboxylic acids is 1. The average Bonchev–Trinajstić information content (AvgIpc) is 2.52. The summed E-state index contributed by atoms with van der Waals surface area (Å²) in [6.07, 6.45) is -6.36. The molecule has 0 unspecified atom stereocenters. The molecule has 0 aliphatic carbocycles. The van der Waals surface area contributed by atoms with E-state index in [0.29, 0.717) is 5.56 Å². The Balaban J connectivity index is 2.00. The van der Waals surface area contributed by atoms with Crippen molar-refractivity contribution in [1.82, 2.24) is 4.90 Å². The molecule has 1 aliphatic rings. The Kier molecular flexibility index (Phi) is 5.12. The molecule has 0 spiro atoms. The second-order valence-corrected chi connectivity index (χ2v) is 5.35. The van der Waals surface area contributed by atoms with Crippen LogP contribution < -0.4 is 0 Å². The van der Waals surface area contributed by atoms with E-state index in [1.165, 1.54) is 0 Å². The van der Waals surface area contributed by atoms with Gasteiger partial charge in [-0.1, -0.05) is 30.3 Å². The van der Waals surface area contributed by atoms with Crippen molar-refractivity contribution < 1.29 is 32.6 Å². The number of hydrogen-bond donors (Lipinski definition) is 1. The molecular formula is C15H16F3NO4. The first kappa shape index (κ1) is 17.1. The van der Waals surface area contributed by atoms with Gasteiger partial charge in [0.1, 0.15) is 12.6 Å². The highest BCUT2D eigenvalue weighted by Crippen LogP contribution is 2.36. The Hall–Kier alpha value is -2.25. The van der Waals surface area contributed by atoms with Crippen molar-refractivity contribution in [3.05, 3.63) is 35.9 Å². The van der Waals surface area contributed by atoms with Gasteiger partial charge in [-0.15, -0.1) is 0 Å². The average molecular weight is 331 g/mol. The van der Waals surface area contributed by atoms with Gasteiger partial charge in [-0.2, -0.15) is 13.2 Å². The van der Waals surface area contributed by atoms with E-state index in [1.54, 1.807) is 30.3 Å². The summed E-state index contributed by atoms with van der Waals surface area (Å²) >= 11 is 0. The van der Waals surface area contributed by atoms with Crippen LogP contribution in [0.15, 0.2) is 30.3 Å². The molecule has 1 amide bonds. The fourth-order valence-corrected chi connectivity index (χ4v) is 2.52. The van der Waals surface area contributed by atoms with Crippen LogP contribution in [-0.4, -0.2) is 40.8 Å². The van der Waals surface area contributed by atoms with E-state index in [2.05, 4.69) is 0 Å². The molecule has 0 bridgehead atoms. The standard InChI is InChI=1S/C15H16F3NO4/c16-15(17,18)11-6-7-19(12(8-11)13(20)21)14(22)23-9-10-4-2-1-3-5-10/h1-5,11-12H,6-9H2,(H,20,21)/t11-,12-/m1/s1. The Morgan fingerprint density at radius 2 is 1.91 bits per heavy atom. The van der Waals surface area contributed by atoms with Crippen molar-refractivity contribution in [1.29, 1.82) is 0 Å². The molecule has 1 aromatic rings. The highest BCUT2D eigenvalue weighted by Gasteiger charge is 2.47. The smallest absolute Gasteiger partial charge is 0.410 e. The molecule has 1 heterocycles. The van der Waals surface area contributed by atoms with Crippen LogP contribution in [0.25, 0.3) is 0 Å². The third kappa shape index (κ3) is 4.37. The number of piperidine rings is 1. The summed E-state index contributed by atoms with van der Waals surface area (Å²) in [4.78, 5) is 24.1. The van der Waals surface area contributed by atoms with Crippen LogP contribution in [0.2, 0.25) is 0 Å². The maximum atomic E-state index is 12.7. The summed E-state index contributed by atoms with van der Waals surface area (Å²) in [7, 11) is 0. The van der Waals surface area contributed by atoms with E-state index in [-0.39, 0.29) is 19.6 Å². The molecule has 2 atom stereocenters. The molecule has 126 valence electrons. The Morgan fingerprint density at radius 3 is 2.48 bits per heavy atom. The van der Waals surface area contributed by atoms with E-state index in [1.807, 2.05) is 0 Å². The molecule has 0 saturated carbocycles. The number of hydrogen-bond acceptors (Lipinski definition) is 3. The monoisotopic (exact) mass is 331 g/mol. The number of carboxylic acid groups (broad SMARTS) is 1. The lowest BCUT2D eigenvalue weighted by molar-refractivity contribution is -0.191. The lowest BCUT2D eigenvalue weighted by Gasteiger charge is -2.36. The van der Waals surface area contributed by atoms with E-state index >= 15 is 0 Å². The van der Waals surface area contributed by atoms with Gasteiger partial charge in [-0.25, -0.2) is 9.59 Å². The summed E-state index contributed by atoms with van der Waals surface area (Å²) in [6, 6.07) is 7.19. The van der Waals surface area contributed by atoms with Crippen molar-refractivity contribution in [2.75, 3.05) is 6.54 Å². The molecule has 0 radical (unpaired) electrons.